The van der Waals surface area contributed by atoms with E-state index in [0.29, 0.717) is 63.5 Å². The molecule has 0 aliphatic heterocycles. The van der Waals surface area contributed by atoms with Crippen molar-refractivity contribution in [3.05, 3.63) is 116 Å². The maximum Gasteiger partial charge on any atom is 0.254 e. The molecule has 0 aliphatic rings. The third kappa shape index (κ3) is 6.57. The van der Waals surface area contributed by atoms with Crippen molar-refractivity contribution < 1.29 is 14.0 Å². The predicted molar refractivity (Wildman–Crippen MR) is 160 cm³/mol. The molecule has 1 atom stereocenters. The van der Waals surface area contributed by atoms with E-state index in [0.717, 1.165) is 5.56 Å². The highest BCUT2D eigenvalue weighted by molar-refractivity contribution is 6.31. The van der Waals surface area contributed by atoms with E-state index in [1.165, 1.54) is 6.92 Å². The summed E-state index contributed by atoms with van der Waals surface area (Å²) in [5, 5.41) is 10.2. The van der Waals surface area contributed by atoms with E-state index in [9.17, 15) is 19.6 Å². The molecule has 0 aliphatic carbocycles. The van der Waals surface area contributed by atoms with E-state index in [-0.39, 0.29) is 29.5 Å². The lowest BCUT2D eigenvalue weighted by Gasteiger charge is -2.35. The molecule has 41 heavy (non-hydrogen) atoms. The molecule has 0 spiro atoms. The second-order valence-electron chi connectivity index (χ2n) is 10.4. The second-order valence-corrected chi connectivity index (χ2v) is 10.8. The van der Waals surface area contributed by atoms with Gasteiger partial charge in [-0.1, -0.05) is 49.7 Å². The van der Waals surface area contributed by atoms with Crippen molar-refractivity contribution >= 4 is 34.3 Å². The molecule has 7 nitrogen and oxygen atoms in total. The van der Waals surface area contributed by atoms with Crippen LogP contribution in [0.5, 0.6) is 0 Å². The van der Waals surface area contributed by atoms with Gasteiger partial charge in [-0.25, -0.2) is 0 Å². The number of ketones is 1. The maximum atomic E-state index is 14.0. The fourth-order valence-electron chi connectivity index (χ4n) is 5.03. The number of rotatable bonds is 10. The van der Waals surface area contributed by atoms with Gasteiger partial charge in [-0.3, -0.25) is 14.4 Å². The number of fused-ring (bicyclic) bond motifs is 1. The van der Waals surface area contributed by atoms with Crippen LogP contribution in [-0.4, -0.2) is 29.7 Å². The van der Waals surface area contributed by atoms with Crippen molar-refractivity contribution in [1.82, 2.24) is 4.90 Å². The predicted octanol–water partition coefficient (Wildman–Crippen LogP) is 6.30. The summed E-state index contributed by atoms with van der Waals surface area (Å²) in [4.78, 5) is 41.5. The van der Waals surface area contributed by atoms with Crippen LogP contribution >= 0.6 is 11.6 Å². The van der Waals surface area contributed by atoms with Gasteiger partial charge in [-0.2, -0.15) is 5.26 Å². The molecular weight excluding hydrogens is 538 g/mol. The van der Waals surface area contributed by atoms with Gasteiger partial charge >= 0.3 is 0 Å². The molecule has 0 radical (unpaired) electrons. The first-order valence-corrected chi connectivity index (χ1v) is 13.9. The number of amides is 1. The van der Waals surface area contributed by atoms with E-state index in [1.807, 2.05) is 19.9 Å². The standard InChI is InChI=1S/C33H32ClN3O4/c1-20(2)30(37(15-5-14-35)33(40)25-10-8-24(9-11-25)21(3)38)32-28(17-22-6-4-7-23(16-22)19-36)31(39)27-13-12-26(34)18-29(27)41-32/h4,6-13,16,18,20,30H,5,14-15,17,35H2,1-3H3. The third-order valence-corrected chi connectivity index (χ3v) is 7.29. The molecule has 8 heteroatoms. The first-order chi connectivity index (χ1) is 19.6. The number of nitriles is 1. The SMILES string of the molecule is CC(=O)c1ccc(C(=O)N(CCCN)C(c2oc3cc(Cl)ccc3c(=O)c2Cc2cccc(C#N)c2)C(C)C)cc1. The van der Waals surface area contributed by atoms with Crippen molar-refractivity contribution in [2.75, 3.05) is 13.1 Å². The van der Waals surface area contributed by atoms with Gasteiger partial charge in [-0.15, -0.1) is 0 Å². The molecular formula is C33H32ClN3O4. The van der Waals surface area contributed by atoms with Crippen LogP contribution in [0.4, 0.5) is 0 Å². The van der Waals surface area contributed by atoms with Crippen LogP contribution in [-0.2, 0) is 6.42 Å². The van der Waals surface area contributed by atoms with E-state index in [1.54, 1.807) is 65.6 Å². The number of Topliss-reactive ketones (excluding diaryl/α,β-unsaturated/α-hetero) is 1. The van der Waals surface area contributed by atoms with Gasteiger partial charge in [0.15, 0.2) is 11.2 Å². The summed E-state index contributed by atoms with van der Waals surface area (Å²) < 4.78 is 6.49. The van der Waals surface area contributed by atoms with Crippen LogP contribution in [0, 0.1) is 17.2 Å². The van der Waals surface area contributed by atoms with E-state index in [2.05, 4.69) is 6.07 Å². The Hall–Kier alpha value is -4.25. The summed E-state index contributed by atoms with van der Waals surface area (Å²) in [7, 11) is 0. The number of benzene rings is 3. The van der Waals surface area contributed by atoms with Crippen molar-refractivity contribution in [2.24, 2.45) is 11.7 Å². The molecule has 210 valence electrons. The topological polar surface area (TPSA) is 117 Å². The zero-order valence-electron chi connectivity index (χ0n) is 23.3. The fourth-order valence-corrected chi connectivity index (χ4v) is 5.19. The Morgan fingerprint density at radius 3 is 2.39 bits per heavy atom. The number of halogens is 1. The Labute approximate surface area is 244 Å². The Kier molecular flexibility index (Phi) is 9.38. The van der Waals surface area contributed by atoms with Gasteiger partial charge in [0.25, 0.3) is 5.91 Å². The van der Waals surface area contributed by atoms with Crippen LogP contribution in [0.25, 0.3) is 11.0 Å². The summed E-state index contributed by atoms with van der Waals surface area (Å²) >= 11 is 6.27. The molecule has 1 heterocycles. The van der Waals surface area contributed by atoms with Crippen molar-refractivity contribution in [1.29, 1.82) is 5.26 Å². The number of carbonyl (C=O) groups excluding carboxylic acids is 2. The van der Waals surface area contributed by atoms with Crippen LogP contribution in [0.3, 0.4) is 0 Å². The second kappa shape index (κ2) is 12.9. The summed E-state index contributed by atoms with van der Waals surface area (Å²) in [6, 6.07) is 20.0. The normalized spacial score (nSPS) is 11.8. The summed E-state index contributed by atoms with van der Waals surface area (Å²) in [6.45, 7) is 6.10. The van der Waals surface area contributed by atoms with Crippen LogP contribution in [0.1, 0.15) is 76.4 Å². The minimum atomic E-state index is -0.619. The lowest BCUT2D eigenvalue weighted by molar-refractivity contribution is 0.0587. The van der Waals surface area contributed by atoms with Gasteiger partial charge in [0.2, 0.25) is 0 Å². The lowest BCUT2D eigenvalue weighted by atomic mass is 9.91. The molecule has 1 unspecified atom stereocenters. The van der Waals surface area contributed by atoms with E-state index in [4.69, 9.17) is 21.8 Å². The summed E-state index contributed by atoms with van der Waals surface area (Å²) in [5.74, 6) is -0.144. The Balaban J connectivity index is 1.92. The van der Waals surface area contributed by atoms with Gasteiger partial charge in [-0.05, 0) is 67.8 Å². The first kappa shape index (κ1) is 29.7. The lowest BCUT2D eigenvalue weighted by Crippen LogP contribution is -2.40. The third-order valence-electron chi connectivity index (χ3n) is 7.05. The molecule has 4 aromatic rings. The minimum absolute atomic E-state index is 0.0919. The van der Waals surface area contributed by atoms with Gasteiger partial charge < -0.3 is 15.1 Å². The Morgan fingerprint density at radius 2 is 1.76 bits per heavy atom. The summed E-state index contributed by atoms with van der Waals surface area (Å²) in [5.41, 5.74) is 8.56. The minimum Gasteiger partial charge on any atom is -0.458 e. The smallest absolute Gasteiger partial charge is 0.254 e. The number of carbonyl (C=O) groups is 2. The van der Waals surface area contributed by atoms with Crippen LogP contribution in [0.15, 0.2) is 75.9 Å². The molecule has 1 aromatic heterocycles. The molecule has 0 bridgehead atoms. The first-order valence-electron chi connectivity index (χ1n) is 13.5. The summed E-state index contributed by atoms with van der Waals surface area (Å²) in [6.07, 6.45) is 0.741. The van der Waals surface area contributed by atoms with Crippen LogP contribution in [0.2, 0.25) is 5.02 Å². The Morgan fingerprint density at radius 1 is 1.05 bits per heavy atom. The zero-order chi connectivity index (χ0) is 29.7. The number of hydrogen-bond acceptors (Lipinski definition) is 6. The quantitative estimate of drug-likeness (QED) is 0.224. The Bertz CT molecular complexity index is 1690. The van der Waals surface area contributed by atoms with Gasteiger partial charge in [0.1, 0.15) is 11.3 Å². The highest BCUT2D eigenvalue weighted by atomic mass is 35.5. The molecule has 0 fully saturated rings. The monoisotopic (exact) mass is 569 g/mol. The number of nitrogens with zero attached hydrogens (tertiary/aromatic N) is 2. The average molecular weight is 570 g/mol. The van der Waals surface area contributed by atoms with Gasteiger partial charge in [0.05, 0.1) is 23.1 Å². The maximum absolute atomic E-state index is 14.0. The molecule has 1 amide bonds. The number of nitrogens with two attached hydrogens (primary N) is 1. The van der Waals surface area contributed by atoms with Crippen molar-refractivity contribution in [2.45, 2.75) is 39.7 Å². The molecule has 2 N–H and O–H groups in total. The van der Waals surface area contributed by atoms with Crippen LogP contribution < -0.4 is 11.2 Å². The van der Waals surface area contributed by atoms with Gasteiger partial charge in [0, 0.05) is 40.7 Å². The zero-order valence-corrected chi connectivity index (χ0v) is 24.1. The highest BCUT2D eigenvalue weighted by Gasteiger charge is 2.34. The molecule has 3 aromatic carbocycles. The van der Waals surface area contributed by atoms with Crippen molar-refractivity contribution in [3.8, 4) is 6.07 Å². The average Bonchev–Trinajstić information content (AvgIpc) is 2.96. The highest BCUT2D eigenvalue weighted by Crippen LogP contribution is 2.35. The largest absolute Gasteiger partial charge is 0.458 e. The van der Waals surface area contributed by atoms with E-state index < -0.39 is 6.04 Å². The van der Waals surface area contributed by atoms with E-state index >= 15 is 0 Å². The molecule has 4 rings (SSSR count). The molecule has 0 saturated carbocycles. The molecule has 0 saturated heterocycles. The number of hydrogen-bond donors (Lipinski definition) is 1. The fraction of sp³-hybridized carbons (Fsp3) is 0.273. The van der Waals surface area contributed by atoms with Crippen molar-refractivity contribution in [3.63, 3.8) is 0 Å².